The molecule has 1 unspecified atom stereocenters. The third kappa shape index (κ3) is 3.35. The lowest BCUT2D eigenvalue weighted by atomic mass is 9.98. The molecule has 0 aliphatic carbocycles. The van der Waals surface area contributed by atoms with Gasteiger partial charge in [-0.3, -0.25) is 0 Å². The maximum absolute atomic E-state index is 3.57. The maximum atomic E-state index is 3.57. The minimum Gasteiger partial charge on any atom is -0.310 e. The van der Waals surface area contributed by atoms with E-state index in [1.165, 1.54) is 16.7 Å². The molecule has 0 radical (unpaired) electrons. The van der Waals surface area contributed by atoms with Crippen LogP contribution >= 0.6 is 0 Å². The van der Waals surface area contributed by atoms with Crippen LogP contribution in [0.4, 0.5) is 0 Å². The van der Waals surface area contributed by atoms with E-state index < -0.39 is 0 Å². The highest BCUT2D eigenvalue weighted by Gasteiger charge is 2.08. The first-order chi connectivity index (χ1) is 7.02. The van der Waals surface area contributed by atoms with Crippen molar-refractivity contribution in [3.05, 3.63) is 34.9 Å². The Bertz CT molecular complexity index is 315. The van der Waals surface area contributed by atoms with E-state index in [9.17, 15) is 0 Å². The topological polar surface area (TPSA) is 12.0 Å². The molecule has 0 aliphatic rings. The van der Waals surface area contributed by atoms with Crippen LogP contribution in [0.25, 0.3) is 0 Å². The van der Waals surface area contributed by atoms with Gasteiger partial charge in [-0.15, -0.1) is 0 Å². The first-order valence-electron chi connectivity index (χ1n) is 5.82. The van der Waals surface area contributed by atoms with Gasteiger partial charge in [0.15, 0.2) is 0 Å². The number of hydrogen-bond acceptors (Lipinski definition) is 1. The number of hydrogen-bond donors (Lipinski definition) is 1. The third-order valence-corrected chi connectivity index (χ3v) is 2.95. The van der Waals surface area contributed by atoms with E-state index >= 15 is 0 Å². The Morgan fingerprint density at radius 1 is 1.13 bits per heavy atom. The summed E-state index contributed by atoms with van der Waals surface area (Å²) in [5, 5.41) is 3.57. The smallest absolute Gasteiger partial charge is 0.0294 e. The first-order valence-corrected chi connectivity index (χ1v) is 5.82. The molecule has 1 atom stereocenters. The van der Waals surface area contributed by atoms with Crippen LogP contribution in [0.3, 0.4) is 0 Å². The van der Waals surface area contributed by atoms with E-state index in [1.54, 1.807) is 0 Å². The lowest BCUT2D eigenvalue weighted by Gasteiger charge is -2.19. The quantitative estimate of drug-likeness (QED) is 0.791. The Balaban J connectivity index is 2.73. The summed E-state index contributed by atoms with van der Waals surface area (Å²) >= 11 is 0. The molecule has 0 saturated heterocycles. The second kappa shape index (κ2) is 5.32. The van der Waals surface area contributed by atoms with Gasteiger partial charge in [-0.1, -0.05) is 32.0 Å². The van der Waals surface area contributed by atoms with Crippen molar-refractivity contribution in [2.45, 2.75) is 40.7 Å². The predicted octanol–water partition coefficient (Wildman–Crippen LogP) is 3.61. The average molecular weight is 205 g/mol. The Hall–Kier alpha value is -0.820. The van der Waals surface area contributed by atoms with E-state index in [0.717, 1.165) is 6.54 Å². The van der Waals surface area contributed by atoms with Gasteiger partial charge < -0.3 is 5.32 Å². The second-order valence-corrected chi connectivity index (χ2v) is 4.81. The Labute approximate surface area is 93.9 Å². The van der Waals surface area contributed by atoms with Gasteiger partial charge in [-0.05, 0) is 49.9 Å². The summed E-state index contributed by atoms with van der Waals surface area (Å²) in [5.74, 6) is 0.706. The Morgan fingerprint density at radius 2 is 1.80 bits per heavy atom. The molecule has 1 aromatic carbocycles. The van der Waals surface area contributed by atoms with Gasteiger partial charge in [0, 0.05) is 6.04 Å². The third-order valence-electron chi connectivity index (χ3n) is 2.95. The van der Waals surface area contributed by atoms with Crippen LogP contribution in [0, 0.1) is 19.8 Å². The largest absolute Gasteiger partial charge is 0.310 e. The van der Waals surface area contributed by atoms with Crippen LogP contribution in [0.15, 0.2) is 18.2 Å². The van der Waals surface area contributed by atoms with E-state index in [4.69, 9.17) is 0 Å². The summed E-state index contributed by atoms with van der Waals surface area (Å²) in [7, 11) is 0. The molecule has 1 aromatic rings. The van der Waals surface area contributed by atoms with Gasteiger partial charge in [0.05, 0.1) is 0 Å². The Morgan fingerprint density at radius 3 is 2.40 bits per heavy atom. The fourth-order valence-electron chi connectivity index (χ4n) is 1.77. The molecule has 0 amide bonds. The maximum Gasteiger partial charge on any atom is 0.0294 e. The van der Waals surface area contributed by atoms with Crippen molar-refractivity contribution in [1.82, 2.24) is 5.32 Å². The molecule has 15 heavy (non-hydrogen) atoms. The van der Waals surface area contributed by atoms with Crippen LogP contribution < -0.4 is 5.32 Å². The standard InChI is InChI=1S/C14H23N/c1-10(2)9-15-13(5)14-8-6-7-11(3)12(14)4/h6-8,10,13,15H,9H2,1-5H3. The first kappa shape index (κ1) is 12.3. The van der Waals surface area contributed by atoms with Gasteiger partial charge in [-0.25, -0.2) is 0 Å². The summed E-state index contributed by atoms with van der Waals surface area (Å²) < 4.78 is 0. The minimum atomic E-state index is 0.451. The molecular weight excluding hydrogens is 182 g/mol. The summed E-state index contributed by atoms with van der Waals surface area (Å²) in [4.78, 5) is 0. The summed E-state index contributed by atoms with van der Waals surface area (Å²) in [6.07, 6.45) is 0. The number of aryl methyl sites for hydroxylation is 1. The zero-order valence-electron chi connectivity index (χ0n) is 10.6. The molecule has 84 valence electrons. The highest BCUT2D eigenvalue weighted by Crippen LogP contribution is 2.19. The highest BCUT2D eigenvalue weighted by molar-refractivity contribution is 5.34. The van der Waals surface area contributed by atoms with Crippen LogP contribution in [0.1, 0.15) is 43.5 Å². The summed E-state index contributed by atoms with van der Waals surface area (Å²) in [6, 6.07) is 6.99. The van der Waals surface area contributed by atoms with Crippen molar-refractivity contribution in [1.29, 1.82) is 0 Å². The van der Waals surface area contributed by atoms with E-state index in [0.29, 0.717) is 12.0 Å². The monoisotopic (exact) mass is 205 g/mol. The van der Waals surface area contributed by atoms with Crippen LogP contribution in [0.5, 0.6) is 0 Å². The molecule has 1 rings (SSSR count). The van der Waals surface area contributed by atoms with Crippen molar-refractivity contribution in [3.8, 4) is 0 Å². The van der Waals surface area contributed by atoms with Crippen molar-refractivity contribution in [2.75, 3.05) is 6.54 Å². The fourth-order valence-corrected chi connectivity index (χ4v) is 1.77. The summed E-state index contributed by atoms with van der Waals surface area (Å²) in [5.41, 5.74) is 4.22. The molecule has 0 saturated carbocycles. The van der Waals surface area contributed by atoms with E-state index in [-0.39, 0.29) is 0 Å². The number of nitrogens with one attached hydrogen (secondary N) is 1. The van der Waals surface area contributed by atoms with Crippen LogP contribution in [0.2, 0.25) is 0 Å². The second-order valence-electron chi connectivity index (χ2n) is 4.81. The number of benzene rings is 1. The van der Waals surface area contributed by atoms with E-state index in [1.807, 2.05) is 0 Å². The normalized spacial score (nSPS) is 13.2. The van der Waals surface area contributed by atoms with Gasteiger partial charge in [0.25, 0.3) is 0 Å². The zero-order valence-corrected chi connectivity index (χ0v) is 10.6. The van der Waals surface area contributed by atoms with Gasteiger partial charge in [0.2, 0.25) is 0 Å². The molecule has 0 bridgehead atoms. The van der Waals surface area contributed by atoms with Gasteiger partial charge in [0.1, 0.15) is 0 Å². The molecule has 1 nitrogen and oxygen atoms in total. The van der Waals surface area contributed by atoms with E-state index in [2.05, 4.69) is 58.1 Å². The molecule has 1 N–H and O–H groups in total. The molecular formula is C14H23N. The fraction of sp³-hybridized carbons (Fsp3) is 0.571. The van der Waals surface area contributed by atoms with Crippen LogP contribution in [-0.2, 0) is 0 Å². The average Bonchev–Trinajstić information content (AvgIpc) is 2.18. The molecule has 0 heterocycles. The van der Waals surface area contributed by atoms with Gasteiger partial charge >= 0.3 is 0 Å². The van der Waals surface area contributed by atoms with Gasteiger partial charge in [-0.2, -0.15) is 0 Å². The number of rotatable bonds is 4. The molecule has 0 fully saturated rings. The minimum absolute atomic E-state index is 0.451. The SMILES string of the molecule is Cc1cccc(C(C)NCC(C)C)c1C. The molecule has 1 heteroatoms. The zero-order chi connectivity index (χ0) is 11.4. The molecule has 0 aliphatic heterocycles. The molecule has 0 aromatic heterocycles. The predicted molar refractivity (Wildman–Crippen MR) is 67.2 cm³/mol. The lowest BCUT2D eigenvalue weighted by Crippen LogP contribution is -2.23. The summed E-state index contributed by atoms with van der Waals surface area (Å²) in [6.45, 7) is 12.2. The van der Waals surface area contributed by atoms with Crippen molar-refractivity contribution in [3.63, 3.8) is 0 Å². The molecule has 0 spiro atoms. The highest BCUT2D eigenvalue weighted by atomic mass is 14.9. The van der Waals surface area contributed by atoms with Crippen molar-refractivity contribution >= 4 is 0 Å². The lowest BCUT2D eigenvalue weighted by molar-refractivity contribution is 0.495. The van der Waals surface area contributed by atoms with Crippen LogP contribution in [-0.4, -0.2) is 6.54 Å². The van der Waals surface area contributed by atoms with Crippen molar-refractivity contribution < 1.29 is 0 Å². The van der Waals surface area contributed by atoms with Crippen molar-refractivity contribution in [2.24, 2.45) is 5.92 Å². The Kier molecular flexibility index (Phi) is 4.34.